The summed E-state index contributed by atoms with van der Waals surface area (Å²) in [4.78, 5) is 21.0. The molecule has 202 valence electrons. The number of halogens is 3. The van der Waals surface area contributed by atoms with Crippen LogP contribution in [-0.4, -0.2) is 55.1 Å². The largest absolute Gasteiger partial charge is 0.443 e. The summed E-state index contributed by atoms with van der Waals surface area (Å²) in [6.07, 6.45) is 1.52. The van der Waals surface area contributed by atoms with E-state index in [2.05, 4.69) is 27.0 Å². The summed E-state index contributed by atoms with van der Waals surface area (Å²) in [5.74, 6) is 5.37. The minimum absolute atomic E-state index is 0.0383. The fourth-order valence-corrected chi connectivity index (χ4v) is 3.78. The molecule has 3 rings (SSSR count). The molecule has 0 saturated carbocycles. The molecule has 1 aromatic carbocycles. The van der Waals surface area contributed by atoms with Gasteiger partial charge in [0, 0.05) is 56.4 Å². The number of aliphatic imine (C=N–C) groups is 1. The molecule has 2 aromatic rings. The number of likely N-dealkylation sites (N-methyl/N-ethyl adjacent to an activating group) is 1. The van der Waals surface area contributed by atoms with E-state index in [0.717, 1.165) is 31.1 Å². The molecule has 0 aliphatic carbocycles. The Bertz CT molecular complexity index is 1270. The third kappa shape index (κ3) is 8.47. The van der Waals surface area contributed by atoms with Gasteiger partial charge in [0.2, 0.25) is 0 Å². The zero-order chi connectivity index (χ0) is 27.7. The first kappa shape index (κ1) is 29.0. The van der Waals surface area contributed by atoms with Gasteiger partial charge in [0.15, 0.2) is 11.5 Å². The highest BCUT2D eigenvalue weighted by atomic mass is 19.4. The van der Waals surface area contributed by atoms with Gasteiger partial charge in [-0.05, 0) is 69.1 Å². The second-order valence-corrected chi connectivity index (χ2v) is 9.15. The predicted octanol–water partition coefficient (Wildman–Crippen LogP) is 5.98. The van der Waals surface area contributed by atoms with Gasteiger partial charge in [-0.3, -0.25) is 14.7 Å². The van der Waals surface area contributed by atoms with Crippen molar-refractivity contribution >= 4 is 17.8 Å². The van der Waals surface area contributed by atoms with Crippen LogP contribution in [-0.2, 0) is 12.7 Å². The van der Waals surface area contributed by atoms with Crippen LogP contribution < -0.4 is 5.32 Å². The Morgan fingerprint density at radius 2 is 1.92 bits per heavy atom. The van der Waals surface area contributed by atoms with E-state index in [1.807, 2.05) is 31.9 Å². The van der Waals surface area contributed by atoms with Crippen LogP contribution in [0.2, 0.25) is 0 Å². The van der Waals surface area contributed by atoms with Crippen molar-refractivity contribution in [3.05, 3.63) is 76.4 Å². The molecule has 1 aliphatic heterocycles. The normalized spacial score (nSPS) is 16.0. The molecule has 0 unspecified atom stereocenters. The molecule has 0 radical (unpaired) electrons. The standard InChI is InChI=1S/C29H33F3N4O2/c1-5-21(3)17-22(19-33-6-2)7-10-25-11-12-27(38-25)28(37)34-24-9-8-23(26(18-24)29(30,31)32)20-36-15-13-35(4)14-16-36/h6,8-9,11-12,17-19H,5,13-16,20H2,1-4H3,(H,34,37)/b21-17+,22-19-,33-6?. The van der Waals surface area contributed by atoms with Crippen LogP contribution >= 0.6 is 0 Å². The maximum atomic E-state index is 13.8. The summed E-state index contributed by atoms with van der Waals surface area (Å²) >= 11 is 0. The van der Waals surface area contributed by atoms with Gasteiger partial charge < -0.3 is 14.6 Å². The molecule has 38 heavy (non-hydrogen) atoms. The number of rotatable bonds is 7. The second kappa shape index (κ2) is 13.3. The zero-order valence-corrected chi connectivity index (χ0v) is 22.2. The summed E-state index contributed by atoms with van der Waals surface area (Å²) in [6.45, 7) is 9.05. The van der Waals surface area contributed by atoms with E-state index in [0.29, 0.717) is 18.7 Å². The average Bonchev–Trinajstić information content (AvgIpc) is 3.36. The van der Waals surface area contributed by atoms with E-state index in [4.69, 9.17) is 4.42 Å². The number of furan rings is 1. The summed E-state index contributed by atoms with van der Waals surface area (Å²) < 4.78 is 47.1. The van der Waals surface area contributed by atoms with E-state index in [1.54, 1.807) is 25.4 Å². The Morgan fingerprint density at radius 3 is 2.58 bits per heavy atom. The summed E-state index contributed by atoms with van der Waals surface area (Å²) in [6, 6.07) is 6.86. The molecule has 0 bridgehead atoms. The van der Waals surface area contributed by atoms with Gasteiger partial charge in [-0.1, -0.05) is 24.5 Å². The number of benzene rings is 1. The van der Waals surface area contributed by atoms with E-state index >= 15 is 0 Å². The number of piperazine rings is 1. The van der Waals surface area contributed by atoms with Crippen molar-refractivity contribution < 1.29 is 22.4 Å². The highest BCUT2D eigenvalue weighted by Gasteiger charge is 2.34. The second-order valence-electron chi connectivity index (χ2n) is 9.15. The molecule has 6 nitrogen and oxygen atoms in total. The molecule has 9 heteroatoms. The Hall–Kier alpha value is -3.61. The smallest absolute Gasteiger partial charge is 0.416 e. The number of anilines is 1. The summed E-state index contributed by atoms with van der Waals surface area (Å²) in [5, 5.41) is 2.51. The number of nitrogens with one attached hydrogen (secondary N) is 1. The number of hydrogen-bond acceptors (Lipinski definition) is 5. The first-order chi connectivity index (χ1) is 18.1. The number of hydrogen-bond donors (Lipinski definition) is 1. The third-order valence-electron chi connectivity index (χ3n) is 6.15. The quantitative estimate of drug-likeness (QED) is 0.274. The van der Waals surface area contributed by atoms with Crippen LogP contribution in [0.25, 0.3) is 0 Å². The van der Waals surface area contributed by atoms with Gasteiger partial charge in [0.1, 0.15) is 0 Å². The maximum absolute atomic E-state index is 13.8. The Labute approximate surface area is 221 Å². The lowest BCUT2D eigenvalue weighted by Crippen LogP contribution is -2.44. The molecular formula is C29H33F3N4O2. The van der Waals surface area contributed by atoms with Crippen LogP contribution in [0.4, 0.5) is 18.9 Å². The highest BCUT2D eigenvalue weighted by molar-refractivity contribution is 6.02. The van der Waals surface area contributed by atoms with E-state index in [-0.39, 0.29) is 29.3 Å². The monoisotopic (exact) mass is 526 g/mol. The number of nitrogens with zero attached hydrogens (tertiary/aromatic N) is 3. The van der Waals surface area contributed by atoms with Crippen LogP contribution in [0.5, 0.6) is 0 Å². The van der Waals surface area contributed by atoms with E-state index < -0.39 is 17.6 Å². The molecule has 1 saturated heterocycles. The zero-order valence-electron chi connectivity index (χ0n) is 22.2. The van der Waals surface area contributed by atoms with Gasteiger partial charge >= 0.3 is 6.18 Å². The summed E-state index contributed by atoms with van der Waals surface area (Å²) in [5.41, 5.74) is 1.27. The molecule has 1 amide bonds. The lowest BCUT2D eigenvalue weighted by atomic mass is 10.0. The topological polar surface area (TPSA) is 61.1 Å². The lowest BCUT2D eigenvalue weighted by Gasteiger charge is -2.33. The average molecular weight is 527 g/mol. The number of alkyl halides is 3. The predicted molar refractivity (Wildman–Crippen MR) is 144 cm³/mol. The Kier molecular flexibility index (Phi) is 10.1. The lowest BCUT2D eigenvalue weighted by molar-refractivity contribution is -0.138. The van der Waals surface area contributed by atoms with Crippen LogP contribution in [0.1, 0.15) is 54.6 Å². The highest BCUT2D eigenvalue weighted by Crippen LogP contribution is 2.34. The first-order valence-corrected chi connectivity index (χ1v) is 12.5. The first-order valence-electron chi connectivity index (χ1n) is 12.5. The number of carbonyl (C=O) groups is 1. The van der Waals surface area contributed by atoms with E-state index in [1.165, 1.54) is 18.2 Å². The maximum Gasteiger partial charge on any atom is 0.416 e. The molecule has 1 N–H and O–H groups in total. The van der Waals surface area contributed by atoms with Gasteiger partial charge in [-0.15, -0.1) is 0 Å². The molecule has 0 atom stereocenters. The number of carbonyl (C=O) groups excluding carboxylic acids is 1. The number of amides is 1. The van der Waals surface area contributed by atoms with Gasteiger partial charge in [0.25, 0.3) is 5.91 Å². The van der Waals surface area contributed by atoms with Crippen molar-refractivity contribution in [2.24, 2.45) is 4.99 Å². The van der Waals surface area contributed by atoms with Gasteiger partial charge in [-0.25, -0.2) is 0 Å². The van der Waals surface area contributed by atoms with Crippen molar-refractivity contribution in [2.75, 3.05) is 38.5 Å². The van der Waals surface area contributed by atoms with Crippen molar-refractivity contribution in [2.45, 2.75) is 39.9 Å². The third-order valence-corrected chi connectivity index (χ3v) is 6.15. The van der Waals surface area contributed by atoms with Crippen molar-refractivity contribution in [1.82, 2.24) is 9.80 Å². The van der Waals surface area contributed by atoms with Gasteiger partial charge in [0.05, 0.1) is 5.56 Å². The minimum atomic E-state index is -4.55. The molecule has 0 spiro atoms. The molecule has 1 fully saturated rings. The van der Waals surface area contributed by atoms with Gasteiger partial charge in [-0.2, -0.15) is 13.2 Å². The van der Waals surface area contributed by atoms with Crippen molar-refractivity contribution in [1.29, 1.82) is 0 Å². The fourth-order valence-electron chi connectivity index (χ4n) is 3.78. The van der Waals surface area contributed by atoms with Crippen LogP contribution in [0.15, 0.2) is 63.2 Å². The number of allylic oxidation sites excluding steroid dienone is 3. The Balaban J connectivity index is 1.74. The van der Waals surface area contributed by atoms with E-state index in [9.17, 15) is 18.0 Å². The van der Waals surface area contributed by atoms with Crippen molar-refractivity contribution in [3.63, 3.8) is 0 Å². The fraction of sp³-hybridized carbons (Fsp3) is 0.379. The Morgan fingerprint density at radius 1 is 1.18 bits per heavy atom. The molecule has 2 heterocycles. The van der Waals surface area contributed by atoms with Crippen LogP contribution in [0, 0.1) is 11.8 Å². The van der Waals surface area contributed by atoms with Crippen molar-refractivity contribution in [3.8, 4) is 11.8 Å². The molecular weight excluding hydrogens is 493 g/mol. The molecule has 1 aliphatic rings. The minimum Gasteiger partial charge on any atom is -0.443 e. The molecule has 1 aromatic heterocycles. The SMILES string of the molecule is CC=N/C=C(C#Cc1ccc(C(=O)Nc2ccc(CN3CCN(C)CC3)c(C(F)(F)F)c2)o1)\C=C(/C)CC. The van der Waals surface area contributed by atoms with Crippen LogP contribution in [0.3, 0.4) is 0 Å². The summed E-state index contributed by atoms with van der Waals surface area (Å²) in [7, 11) is 1.99.